The van der Waals surface area contributed by atoms with E-state index in [1.807, 2.05) is 4.68 Å². The smallest absolute Gasteiger partial charge is 0.184 e. The van der Waals surface area contributed by atoms with Crippen molar-refractivity contribution in [2.75, 3.05) is 5.73 Å². The molecule has 0 amide bonds. The molecule has 1 aromatic carbocycles. The fourth-order valence-corrected chi connectivity index (χ4v) is 3.21. The van der Waals surface area contributed by atoms with E-state index in [1.165, 1.54) is 18.6 Å². The Balaban J connectivity index is 1.99. The van der Waals surface area contributed by atoms with Crippen LogP contribution in [0.25, 0.3) is 11.4 Å². The van der Waals surface area contributed by atoms with Crippen molar-refractivity contribution in [3.05, 3.63) is 24.0 Å². The normalized spacial score (nSPS) is 21.4. The highest BCUT2D eigenvalue weighted by atomic mass is 19.1. The van der Waals surface area contributed by atoms with Crippen molar-refractivity contribution in [2.24, 2.45) is 5.41 Å². The second-order valence-corrected chi connectivity index (χ2v) is 6.59. The van der Waals surface area contributed by atoms with E-state index in [2.05, 4.69) is 29.4 Å². The maximum absolute atomic E-state index is 13.5. The third-order valence-corrected chi connectivity index (χ3v) is 4.27. The molecule has 1 aliphatic carbocycles. The van der Waals surface area contributed by atoms with E-state index in [4.69, 9.17) is 5.73 Å². The van der Waals surface area contributed by atoms with Gasteiger partial charge < -0.3 is 5.73 Å². The largest absolute Gasteiger partial charge is 0.398 e. The summed E-state index contributed by atoms with van der Waals surface area (Å²) in [4.78, 5) is 0. The molecule has 2 aromatic rings. The summed E-state index contributed by atoms with van der Waals surface area (Å²) in [5.74, 6) is 0.215. The van der Waals surface area contributed by atoms with E-state index in [0.29, 0.717) is 17.1 Å². The van der Waals surface area contributed by atoms with Gasteiger partial charge in [0, 0.05) is 11.3 Å². The third kappa shape index (κ3) is 2.75. The van der Waals surface area contributed by atoms with Gasteiger partial charge in [-0.3, -0.25) is 0 Å². The zero-order chi connectivity index (χ0) is 15.0. The van der Waals surface area contributed by atoms with Gasteiger partial charge in [-0.15, -0.1) is 5.10 Å². The van der Waals surface area contributed by atoms with Gasteiger partial charge in [-0.05, 0) is 53.3 Å². The third-order valence-electron chi connectivity index (χ3n) is 4.27. The van der Waals surface area contributed by atoms with E-state index >= 15 is 0 Å². The Hall–Kier alpha value is -1.98. The number of hydrogen-bond donors (Lipinski definition) is 1. The number of nitrogens with two attached hydrogens (primary N) is 1. The molecule has 2 N–H and O–H groups in total. The van der Waals surface area contributed by atoms with Crippen LogP contribution in [0.3, 0.4) is 0 Å². The fourth-order valence-electron chi connectivity index (χ4n) is 3.21. The monoisotopic (exact) mass is 289 g/mol. The number of benzene rings is 1. The van der Waals surface area contributed by atoms with Crippen LogP contribution in [0.4, 0.5) is 10.1 Å². The van der Waals surface area contributed by atoms with E-state index < -0.39 is 0 Å². The van der Waals surface area contributed by atoms with Gasteiger partial charge >= 0.3 is 0 Å². The molecule has 21 heavy (non-hydrogen) atoms. The average Bonchev–Trinajstić information content (AvgIpc) is 2.89. The molecule has 1 aliphatic rings. The standard InChI is InChI=1S/C15H20FN5/c1-15(2)7-3-4-11(9-15)21-14(18-19-20-21)12-8-10(16)5-6-13(12)17/h5-6,8,11H,3-4,7,9,17H2,1-2H3. The summed E-state index contributed by atoms with van der Waals surface area (Å²) in [6.45, 7) is 4.53. The van der Waals surface area contributed by atoms with Gasteiger partial charge in [0.2, 0.25) is 0 Å². The number of anilines is 1. The first-order chi connectivity index (χ1) is 9.96. The zero-order valence-electron chi connectivity index (χ0n) is 12.4. The number of rotatable bonds is 2. The van der Waals surface area contributed by atoms with Crippen LogP contribution >= 0.6 is 0 Å². The minimum Gasteiger partial charge on any atom is -0.398 e. The Labute approximate surface area is 123 Å². The summed E-state index contributed by atoms with van der Waals surface area (Å²) in [5.41, 5.74) is 7.28. The summed E-state index contributed by atoms with van der Waals surface area (Å²) < 4.78 is 15.3. The van der Waals surface area contributed by atoms with Crippen LogP contribution in [0.2, 0.25) is 0 Å². The van der Waals surface area contributed by atoms with Gasteiger partial charge in [0.1, 0.15) is 5.82 Å². The number of tetrazole rings is 1. The fraction of sp³-hybridized carbons (Fsp3) is 0.533. The molecule has 1 heterocycles. The molecule has 0 spiro atoms. The highest BCUT2D eigenvalue weighted by Crippen LogP contribution is 2.41. The summed E-state index contributed by atoms with van der Waals surface area (Å²) in [6.07, 6.45) is 4.41. The summed E-state index contributed by atoms with van der Waals surface area (Å²) in [7, 11) is 0. The van der Waals surface area contributed by atoms with Crippen molar-refractivity contribution in [3.8, 4) is 11.4 Å². The molecule has 1 fully saturated rings. The molecular weight excluding hydrogens is 269 g/mol. The quantitative estimate of drug-likeness (QED) is 0.862. The lowest BCUT2D eigenvalue weighted by molar-refractivity contribution is 0.174. The van der Waals surface area contributed by atoms with Crippen LogP contribution in [0.1, 0.15) is 45.6 Å². The van der Waals surface area contributed by atoms with E-state index in [-0.39, 0.29) is 17.3 Å². The van der Waals surface area contributed by atoms with Crippen LogP contribution in [0.15, 0.2) is 18.2 Å². The number of hydrogen-bond acceptors (Lipinski definition) is 4. The number of aromatic nitrogens is 4. The van der Waals surface area contributed by atoms with Crippen LogP contribution in [0.5, 0.6) is 0 Å². The lowest BCUT2D eigenvalue weighted by atomic mass is 9.75. The number of nitrogens with zero attached hydrogens (tertiary/aromatic N) is 4. The highest BCUT2D eigenvalue weighted by molar-refractivity contribution is 5.71. The summed E-state index contributed by atoms with van der Waals surface area (Å²) in [5, 5.41) is 12.0. The molecule has 1 unspecified atom stereocenters. The van der Waals surface area contributed by atoms with Gasteiger partial charge in [-0.2, -0.15) is 0 Å². The molecule has 1 aromatic heterocycles. The lowest BCUT2D eigenvalue weighted by Gasteiger charge is -2.35. The van der Waals surface area contributed by atoms with E-state index in [1.54, 1.807) is 6.07 Å². The molecule has 1 atom stereocenters. The molecule has 6 heteroatoms. The van der Waals surface area contributed by atoms with E-state index in [0.717, 1.165) is 19.3 Å². The van der Waals surface area contributed by atoms with Crippen LogP contribution < -0.4 is 5.73 Å². The van der Waals surface area contributed by atoms with Crippen molar-refractivity contribution < 1.29 is 4.39 Å². The van der Waals surface area contributed by atoms with Crippen molar-refractivity contribution in [3.63, 3.8) is 0 Å². The van der Waals surface area contributed by atoms with Crippen molar-refractivity contribution in [2.45, 2.75) is 45.6 Å². The first kappa shape index (κ1) is 14.0. The molecule has 0 aliphatic heterocycles. The van der Waals surface area contributed by atoms with Crippen LogP contribution in [0, 0.1) is 11.2 Å². The minimum absolute atomic E-state index is 0.237. The summed E-state index contributed by atoms with van der Waals surface area (Å²) >= 11 is 0. The zero-order valence-corrected chi connectivity index (χ0v) is 12.4. The first-order valence-electron chi connectivity index (χ1n) is 7.29. The second kappa shape index (κ2) is 5.09. The Bertz CT molecular complexity index is 649. The van der Waals surface area contributed by atoms with Gasteiger partial charge in [0.05, 0.1) is 6.04 Å². The molecule has 5 nitrogen and oxygen atoms in total. The van der Waals surface area contributed by atoms with Gasteiger partial charge in [0.15, 0.2) is 5.82 Å². The Kier molecular flexibility index (Phi) is 3.39. The predicted octanol–water partition coefficient (Wildman–Crippen LogP) is 3.20. The van der Waals surface area contributed by atoms with Crippen LogP contribution in [-0.4, -0.2) is 20.2 Å². The minimum atomic E-state index is -0.335. The molecule has 1 saturated carbocycles. The molecule has 3 rings (SSSR count). The molecular formula is C15H20FN5. The molecule has 0 radical (unpaired) electrons. The SMILES string of the molecule is CC1(C)CCCC(n2nnnc2-c2cc(F)ccc2N)C1. The first-order valence-corrected chi connectivity index (χ1v) is 7.29. The van der Waals surface area contributed by atoms with Gasteiger partial charge in [-0.25, -0.2) is 9.07 Å². The second-order valence-electron chi connectivity index (χ2n) is 6.59. The maximum Gasteiger partial charge on any atom is 0.184 e. The maximum atomic E-state index is 13.5. The lowest BCUT2D eigenvalue weighted by Crippen LogP contribution is -2.26. The van der Waals surface area contributed by atoms with Crippen LogP contribution in [-0.2, 0) is 0 Å². The topological polar surface area (TPSA) is 69.6 Å². The van der Waals surface area contributed by atoms with Gasteiger partial charge in [0.25, 0.3) is 0 Å². The van der Waals surface area contributed by atoms with E-state index in [9.17, 15) is 4.39 Å². The predicted molar refractivity (Wildman–Crippen MR) is 78.9 cm³/mol. The van der Waals surface area contributed by atoms with Crippen molar-refractivity contribution in [1.29, 1.82) is 0 Å². The molecule has 112 valence electrons. The molecule has 0 bridgehead atoms. The van der Waals surface area contributed by atoms with Crippen molar-refractivity contribution in [1.82, 2.24) is 20.2 Å². The molecule has 0 saturated heterocycles. The summed E-state index contributed by atoms with van der Waals surface area (Å²) in [6, 6.07) is 4.53. The Morgan fingerprint density at radius 2 is 2.19 bits per heavy atom. The highest BCUT2D eigenvalue weighted by Gasteiger charge is 2.31. The van der Waals surface area contributed by atoms with Gasteiger partial charge in [-0.1, -0.05) is 20.3 Å². The van der Waals surface area contributed by atoms with Crippen molar-refractivity contribution >= 4 is 5.69 Å². The number of nitrogen functional groups attached to an aromatic ring is 1. The Morgan fingerprint density at radius 3 is 2.95 bits per heavy atom. The number of halogens is 1. The average molecular weight is 289 g/mol. The Morgan fingerprint density at radius 1 is 1.38 bits per heavy atom.